The van der Waals surface area contributed by atoms with Crippen LogP contribution in [0.4, 0.5) is 5.82 Å². The highest BCUT2D eigenvalue weighted by Crippen LogP contribution is 2.22. The number of methoxy groups -OCH3 is 1. The molecule has 8 heteroatoms. The SMILES string of the molecule is COc1cccc(-c2cc(C(=O)Nc3ccc(=O)n(C)n3)ncn2)c1. The molecule has 3 aromatic rings. The van der Waals surface area contributed by atoms with Crippen LogP contribution >= 0.6 is 0 Å². The summed E-state index contributed by atoms with van der Waals surface area (Å²) >= 11 is 0. The Kier molecular flexibility index (Phi) is 4.51. The predicted molar refractivity (Wildman–Crippen MR) is 91.5 cm³/mol. The van der Waals surface area contributed by atoms with Crippen molar-refractivity contribution in [3.63, 3.8) is 0 Å². The molecule has 0 radical (unpaired) electrons. The third-order valence-corrected chi connectivity index (χ3v) is 3.47. The van der Waals surface area contributed by atoms with E-state index in [2.05, 4.69) is 20.4 Å². The van der Waals surface area contributed by atoms with Gasteiger partial charge in [-0.15, -0.1) is 0 Å². The molecular weight excluding hydrogens is 322 g/mol. The number of nitrogens with zero attached hydrogens (tertiary/aromatic N) is 4. The first-order chi connectivity index (χ1) is 12.1. The Morgan fingerprint density at radius 2 is 2.00 bits per heavy atom. The number of carbonyl (C=O) groups is 1. The van der Waals surface area contributed by atoms with Crippen LogP contribution in [-0.4, -0.2) is 32.8 Å². The molecule has 1 N–H and O–H groups in total. The van der Waals surface area contributed by atoms with E-state index in [4.69, 9.17) is 4.74 Å². The molecule has 1 amide bonds. The first-order valence-corrected chi connectivity index (χ1v) is 7.39. The van der Waals surface area contributed by atoms with Crippen LogP contribution in [0, 0.1) is 0 Å². The van der Waals surface area contributed by atoms with E-state index in [-0.39, 0.29) is 17.1 Å². The predicted octanol–water partition coefficient (Wildman–Crippen LogP) is 1.50. The van der Waals surface area contributed by atoms with Crippen molar-refractivity contribution >= 4 is 11.7 Å². The van der Waals surface area contributed by atoms with Crippen LogP contribution in [0.5, 0.6) is 5.75 Å². The van der Waals surface area contributed by atoms with Crippen LogP contribution in [0.1, 0.15) is 10.5 Å². The Hall–Kier alpha value is -3.55. The Labute approximate surface area is 143 Å². The second-order valence-corrected chi connectivity index (χ2v) is 5.15. The molecule has 0 bridgehead atoms. The van der Waals surface area contributed by atoms with Gasteiger partial charge in [0.25, 0.3) is 11.5 Å². The molecule has 25 heavy (non-hydrogen) atoms. The number of rotatable bonds is 4. The van der Waals surface area contributed by atoms with Crippen LogP contribution in [0.2, 0.25) is 0 Å². The van der Waals surface area contributed by atoms with Crippen LogP contribution in [0.3, 0.4) is 0 Å². The number of carbonyl (C=O) groups excluding carboxylic acids is 1. The third-order valence-electron chi connectivity index (χ3n) is 3.47. The lowest BCUT2D eigenvalue weighted by Crippen LogP contribution is -2.22. The highest BCUT2D eigenvalue weighted by Gasteiger charge is 2.11. The second kappa shape index (κ2) is 6.91. The Bertz CT molecular complexity index is 984. The first-order valence-electron chi connectivity index (χ1n) is 7.39. The van der Waals surface area contributed by atoms with E-state index in [9.17, 15) is 9.59 Å². The molecular formula is C17H15N5O3. The smallest absolute Gasteiger partial charge is 0.275 e. The fraction of sp³-hybridized carbons (Fsp3) is 0.118. The Balaban J connectivity index is 1.86. The molecule has 8 nitrogen and oxygen atoms in total. The number of hydrogen-bond acceptors (Lipinski definition) is 6. The molecule has 2 heterocycles. The van der Waals surface area contributed by atoms with E-state index in [1.54, 1.807) is 13.2 Å². The number of ether oxygens (including phenoxy) is 1. The minimum atomic E-state index is -0.447. The van der Waals surface area contributed by atoms with Gasteiger partial charge in [0, 0.05) is 18.7 Å². The summed E-state index contributed by atoms with van der Waals surface area (Å²) < 4.78 is 6.33. The van der Waals surface area contributed by atoms with Crippen molar-refractivity contribution in [3.8, 4) is 17.0 Å². The molecule has 0 saturated heterocycles. The number of aromatic nitrogens is 4. The van der Waals surface area contributed by atoms with Crippen LogP contribution < -0.4 is 15.6 Å². The zero-order valence-corrected chi connectivity index (χ0v) is 13.6. The minimum absolute atomic E-state index is 0.184. The molecule has 0 spiro atoms. The van der Waals surface area contributed by atoms with Crippen molar-refractivity contribution in [1.29, 1.82) is 0 Å². The Morgan fingerprint density at radius 3 is 2.76 bits per heavy atom. The average molecular weight is 337 g/mol. The fourth-order valence-electron chi connectivity index (χ4n) is 2.17. The van der Waals surface area contributed by atoms with Crippen LogP contribution in [0.25, 0.3) is 11.3 Å². The van der Waals surface area contributed by atoms with Crippen molar-refractivity contribution in [2.24, 2.45) is 7.05 Å². The molecule has 0 unspecified atom stereocenters. The summed E-state index contributed by atoms with van der Waals surface area (Å²) in [6, 6.07) is 11.7. The Morgan fingerprint density at radius 1 is 1.16 bits per heavy atom. The number of nitrogens with one attached hydrogen (secondary N) is 1. The summed E-state index contributed by atoms with van der Waals surface area (Å²) in [5, 5.41) is 6.56. The van der Waals surface area contributed by atoms with E-state index in [1.807, 2.05) is 24.3 Å². The zero-order valence-electron chi connectivity index (χ0n) is 13.6. The molecule has 0 aliphatic carbocycles. The molecule has 0 fully saturated rings. The molecule has 1 aromatic carbocycles. The van der Waals surface area contributed by atoms with Gasteiger partial charge in [0.15, 0.2) is 5.82 Å². The van der Waals surface area contributed by atoms with E-state index in [1.165, 1.54) is 25.5 Å². The first kappa shape index (κ1) is 16.3. The van der Waals surface area contributed by atoms with E-state index in [0.29, 0.717) is 11.4 Å². The van der Waals surface area contributed by atoms with Gasteiger partial charge < -0.3 is 10.1 Å². The van der Waals surface area contributed by atoms with Gasteiger partial charge in [0.1, 0.15) is 17.8 Å². The monoisotopic (exact) mass is 337 g/mol. The van der Waals surface area contributed by atoms with Gasteiger partial charge in [0.2, 0.25) is 0 Å². The van der Waals surface area contributed by atoms with E-state index in [0.717, 1.165) is 10.2 Å². The zero-order chi connectivity index (χ0) is 17.8. The fourth-order valence-corrected chi connectivity index (χ4v) is 2.17. The maximum Gasteiger partial charge on any atom is 0.275 e. The summed E-state index contributed by atoms with van der Waals surface area (Å²) in [6.45, 7) is 0. The summed E-state index contributed by atoms with van der Waals surface area (Å²) in [7, 11) is 3.09. The van der Waals surface area contributed by atoms with Crippen molar-refractivity contribution in [3.05, 3.63) is 64.8 Å². The summed E-state index contributed by atoms with van der Waals surface area (Å²) in [5.41, 5.74) is 1.31. The standard InChI is InChI=1S/C17H15N5O3/c1-22-16(23)7-6-15(21-22)20-17(24)14-9-13(18-10-19-14)11-4-3-5-12(8-11)25-2/h3-10H,1-2H3,(H,20,21,24). The van der Waals surface area contributed by atoms with Gasteiger partial charge in [-0.25, -0.2) is 14.6 Å². The minimum Gasteiger partial charge on any atom is -0.497 e. The molecule has 0 saturated carbocycles. The van der Waals surface area contributed by atoms with Crippen molar-refractivity contribution in [2.75, 3.05) is 12.4 Å². The molecule has 0 aliphatic heterocycles. The van der Waals surface area contributed by atoms with Crippen LogP contribution in [-0.2, 0) is 7.05 Å². The van der Waals surface area contributed by atoms with Crippen molar-refractivity contribution < 1.29 is 9.53 Å². The number of benzene rings is 1. The van der Waals surface area contributed by atoms with Gasteiger partial charge in [-0.2, -0.15) is 5.10 Å². The summed E-state index contributed by atoms with van der Waals surface area (Å²) in [6.07, 6.45) is 1.32. The lowest BCUT2D eigenvalue weighted by atomic mass is 10.1. The molecule has 0 aliphatic rings. The maximum absolute atomic E-state index is 12.4. The number of hydrogen-bond donors (Lipinski definition) is 1. The normalized spacial score (nSPS) is 10.3. The molecule has 2 aromatic heterocycles. The van der Waals surface area contributed by atoms with Gasteiger partial charge in [-0.05, 0) is 24.3 Å². The van der Waals surface area contributed by atoms with Crippen molar-refractivity contribution in [1.82, 2.24) is 19.7 Å². The van der Waals surface area contributed by atoms with Crippen LogP contribution in [0.15, 0.2) is 53.6 Å². The van der Waals surface area contributed by atoms with E-state index >= 15 is 0 Å². The molecule has 126 valence electrons. The van der Waals surface area contributed by atoms with Gasteiger partial charge >= 0.3 is 0 Å². The lowest BCUT2D eigenvalue weighted by molar-refractivity contribution is 0.102. The second-order valence-electron chi connectivity index (χ2n) is 5.15. The third kappa shape index (κ3) is 3.69. The van der Waals surface area contributed by atoms with Crippen molar-refractivity contribution in [2.45, 2.75) is 0 Å². The highest BCUT2D eigenvalue weighted by atomic mass is 16.5. The maximum atomic E-state index is 12.4. The molecule has 0 atom stereocenters. The topological polar surface area (TPSA) is 99.0 Å². The van der Waals surface area contributed by atoms with Gasteiger partial charge in [-0.1, -0.05) is 12.1 Å². The quantitative estimate of drug-likeness (QED) is 0.774. The highest BCUT2D eigenvalue weighted by molar-refractivity contribution is 6.02. The largest absolute Gasteiger partial charge is 0.497 e. The average Bonchev–Trinajstić information content (AvgIpc) is 2.65. The van der Waals surface area contributed by atoms with E-state index < -0.39 is 5.91 Å². The van der Waals surface area contributed by atoms with Gasteiger partial charge in [-0.3, -0.25) is 9.59 Å². The van der Waals surface area contributed by atoms with Gasteiger partial charge in [0.05, 0.1) is 12.8 Å². The number of aryl methyl sites for hydroxylation is 1. The number of anilines is 1. The summed E-state index contributed by atoms with van der Waals surface area (Å²) in [5.74, 6) is 0.503. The number of amides is 1. The molecule has 3 rings (SSSR count). The lowest BCUT2D eigenvalue weighted by Gasteiger charge is -2.07. The summed E-state index contributed by atoms with van der Waals surface area (Å²) in [4.78, 5) is 31.9.